The molecule has 0 fully saturated rings. The van der Waals surface area contributed by atoms with Crippen LogP contribution in [0.1, 0.15) is 54.0 Å². The molecule has 1 aliphatic heterocycles. The predicted molar refractivity (Wildman–Crippen MR) is 99.0 cm³/mol. The van der Waals surface area contributed by atoms with Crippen LogP contribution in [-0.4, -0.2) is 18.0 Å². The second kappa shape index (κ2) is 7.64. The fourth-order valence-electron chi connectivity index (χ4n) is 3.63. The van der Waals surface area contributed by atoms with E-state index in [0.717, 1.165) is 18.5 Å². The van der Waals surface area contributed by atoms with Crippen LogP contribution in [0.25, 0.3) is 0 Å². The van der Waals surface area contributed by atoms with E-state index in [9.17, 15) is 0 Å². The number of benzene rings is 2. The first-order valence-corrected chi connectivity index (χ1v) is 9.02. The van der Waals surface area contributed by atoms with Crippen molar-refractivity contribution >= 4 is 0 Å². The summed E-state index contributed by atoms with van der Waals surface area (Å²) in [7, 11) is 0. The molecule has 2 nitrogen and oxygen atoms in total. The summed E-state index contributed by atoms with van der Waals surface area (Å²) in [4.78, 5) is 2.56. The molecule has 0 radical (unpaired) electrons. The van der Waals surface area contributed by atoms with Gasteiger partial charge in [-0.05, 0) is 66.1 Å². The van der Waals surface area contributed by atoms with E-state index in [1.807, 2.05) is 12.1 Å². The van der Waals surface area contributed by atoms with Crippen LogP contribution in [0.15, 0.2) is 42.5 Å². The van der Waals surface area contributed by atoms with Gasteiger partial charge < -0.3 is 0 Å². The van der Waals surface area contributed by atoms with Crippen LogP contribution in [0.4, 0.5) is 0 Å². The minimum absolute atomic E-state index is 0.497. The number of fused-ring (bicyclic) bond motifs is 1. The fraction of sp³-hybridized carbons (Fsp3) is 0.409. The van der Waals surface area contributed by atoms with E-state index in [1.165, 1.54) is 48.2 Å². The highest BCUT2D eigenvalue weighted by Gasteiger charge is 2.17. The Morgan fingerprint density at radius 3 is 2.62 bits per heavy atom. The third-order valence-electron chi connectivity index (χ3n) is 5.06. The van der Waals surface area contributed by atoms with Gasteiger partial charge in [0.25, 0.3) is 0 Å². The van der Waals surface area contributed by atoms with Crippen LogP contribution in [0.3, 0.4) is 0 Å². The van der Waals surface area contributed by atoms with Gasteiger partial charge in [0.15, 0.2) is 0 Å². The number of nitriles is 1. The minimum atomic E-state index is 0.497. The van der Waals surface area contributed by atoms with Gasteiger partial charge in [0.2, 0.25) is 0 Å². The molecule has 2 heteroatoms. The zero-order valence-electron chi connectivity index (χ0n) is 14.8. The molecule has 24 heavy (non-hydrogen) atoms. The minimum Gasteiger partial charge on any atom is -0.299 e. The van der Waals surface area contributed by atoms with Crippen molar-refractivity contribution in [3.63, 3.8) is 0 Å². The molecular formula is C22H26N2. The molecule has 0 N–H and O–H groups in total. The van der Waals surface area contributed by atoms with Crippen molar-refractivity contribution in [1.29, 1.82) is 5.26 Å². The predicted octanol–water partition coefficient (Wildman–Crippen LogP) is 4.67. The summed E-state index contributed by atoms with van der Waals surface area (Å²) < 4.78 is 0. The Bertz CT molecular complexity index is 725. The molecule has 0 aliphatic carbocycles. The lowest BCUT2D eigenvalue weighted by molar-refractivity contribution is 0.254. The summed E-state index contributed by atoms with van der Waals surface area (Å²) >= 11 is 0. The quantitative estimate of drug-likeness (QED) is 0.801. The van der Waals surface area contributed by atoms with E-state index in [-0.39, 0.29) is 0 Å². The fourth-order valence-corrected chi connectivity index (χ4v) is 3.63. The van der Waals surface area contributed by atoms with Gasteiger partial charge >= 0.3 is 0 Å². The van der Waals surface area contributed by atoms with Crippen LogP contribution in [-0.2, 0) is 19.4 Å². The molecule has 124 valence electrons. The van der Waals surface area contributed by atoms with E-state index in [4.69, 9.17) is 5.26 Å². The van der Waals surface area contributed by atoms with Gasteiger partial charge in [-0.15, -0.1) is 0 Å². The lowest BCUT2D eigenvalue weighted by atomic mass is 9.89. The third kappa shape index (κ3) is 3.86. The summed E-state index contributed by atoms with van der Waals surface area (Å²) in [6.45, 7) is 8.05. The van der Waals surface area contributed by atoms with Crippen molar-refractivity contribution in [3.8, 4) is 6.07 Å². The summed E-state index contributed by atoms with van der Waals surface area (Å²) in [5, 5.41) is 8.90. The number of hydrogen-bond acceptors (Lipinski definition) is 2. The zero-order chi connectivity index (χ0) is 16.9. The van der Waals surface area contributed by atoms with Gasteiger partial charge in [0, 0.05) is 13.1 Å². The molecule has 0 spiro atoms. The SMILES string of the molecule is CCCN1CCc2cc(C(C)Cc3ccc(C#N)cc3)ccc2C1. The monoisotopic (exact) mass is 318 g/mol. The molecule has 1 heterocycles. The maximum absolute atomic E-state index is 8.90. The van der Waals surface area contributed by atoms with Gasteiger partial charge in [0.05, 0.1) is 11.6 Å². The topological polar surface area (TPSA) is 27.0 Å². The number of hydrogen-bond donors (Lipinski definition) is 0. The van der Waals surface area contributed by atoms with Gasteiger partial charge in [-0.1, -0.05) is 44.2 Å². The maximum atomic E-state index is 8.90. The highest BCUT2D eigenvalue weighted by molar-refractivity contribution is 5.37. The molecule has 2 aromatic carbocycles. The van der Waals surface area contributed by atoms with Crippen molar-refractivity contribution in [1.82, 2.24) is 4.90 Å². The van der Waals surface area contributed by atoms with Crippen LogP contribution in [0.5, 0.6) is 0 Å². The first-order chi connectivity index (χ1) is 11.7. The third-order valence-corrected chi connectivity index (χ3v) is 5.06. The molecule has 0 saturated carbocycles. The Morgan fingerprint density at radius 2 is 1.92 bits per heavy atom. The average Bonchev–Trinajstić information content (AvgIpc) is 2.62. The second-order valence-electron chi connectivity index (χ2n) is 6.97. The van der Waals surface area contributed by atoms with Crippen molar-refractivity contribution in [2.75, 3.05) is 13.1 Å². The molecule has 1 aliphatic rings. The highest BCUT2D eigenvalue weighted by Crippen LogP contribution is 2.26. The van der Waals surface area contributed by atoms with Gasteiger partial charge in [-0.25, -0.2) is 0 Å². The summed E-state index contributed by atoms with van der Waals surface area (Å²) in [6.07, 6.45) is 3.42. The van der Waals surface area contributed by atoms with E-state index >= 15 is 0 Å². The molecule has 1 atom stereocenters. The first-order valence-electron chi connectivity index (χ1n) is 9.02. The molecule has 0 bridgehead atoms. The van der Waals surface area contributed by atoms with Crippen molar-refractivity contribution < 1.29 is 0 Å². The number of rotatable bonds is 5. The Hall–Kier alpha value is -2.11. The standard InChI is InChI=1S/C22H26N2/c1-3-11-24-12-10-21-14-20(8-9-22(21)16-24)17(2)13-18-4-6-19(15-23)7-5-18/h4-9,14,17H,3,10-13,16H2,1-2H3. The number of nitrogens with zero attached hydrogens (tertiary/aromatic N) is 2. The molecular weight excluding hydrogens is 292 g/mol. The normalized spacial score (nSPS) is 15.5. The molecule has 3 rings (SSSR count). The lowest BCUT2D eigenvalue weighted by Gasteiger charge is -2.29. The largest absolute Gasteiger partial charge is 0.299 e. The van der Waals surface area contributed by atoms with Crippen LogP contribution >= 0.6 is 0 Å². The zero-order valence-corrected chi connectivity index (χ0v) is 14.8. The van der Waals surface area contributed by atoms with Crippen LogP contribution < -0.4 is 0 Å². The van der Waals surface area contributed by atoms with E-state index in [1.54, 1.807) is 0 Å². The maximum Gasteiger partial charge on any atom is 0.0991 e. The Labute approximate surface area is 145 Å². The Balaban J connectivity index is 1.69. The molecule has 2 aromatic rings. The van der Waals surface area contributed by atoms with Crippen LogP contribution in [0, 0.1) is 11.3 Å². The summed E-state index contributed by atoms with van der Waals surface area (Å²) in [5.74, 6) is 0.497. The smallest absolute Gasteiger partial charge is 0.0991 e. The van der Waals surface area contributed by atoms with Crippen LogP contribution in [0.2, 0.25) is 0 Å². The second-order valence-corrected chi connectivity index (χ2v) is 6.97. The highest BCUT2D eigenvalue weighted by atomic mass is 15.1. The van der Waals surface area contributed by atoms with E-state index < -0.39 is 0 Å². The Kier molecular flexibility index (Phi) is 5.33. The van der Waals surface area contributed by atoms with Gasteiger partial charge in [-0.2, -0.15) is 5.26 Å². The lowest BCUT2D eigenvalue weighted by Crippen LogP contribution is -2.31. The van der Waals surface area contributed by atoms with Gasteiger partial charge in [0.1, 0.15) is 0 Å². The van der Waals surface area contributed by atoms with Gasteiger partial charge in [-0.3, -0.25) is 4.90 Å². The van der Waals surface area contributed by atoms with Crippen molar-refractivity contribution in [2.45, 2.75) is 45.6 Å². The Morgan fingerprint density at radius 1 is 1.12 bits per heavy atom. The van der Waals surface area contributed by atoms with E-state index in [0.29, 0.717) is 5.92 Å². The molecule has 0 saturated heterocycles. The van der Waals surface area contributed by atoms with Crippen molar-refractivity contribution in [3.05, 3.63) is 70.3 Å². The average molecular weight is 318 g/mol. The van der Waals surface area contributed by atoms with Crippen molar-refractivity contribution in [2.24, 2.45) is 0 Å². The van der Waals surface area contributed by atoms with E-state index in [2.05, 4.69) is 55.1 Å². The summed E-state index contributed by atoms with van der Waals surface area (Å²) in [6, 6.07) is 17.2. The summed E-state index contributed by atoms with van der Waals surface area (Å²) in [5.41, 5.74) is 6.50. The first kappa shape index (κ1) is 16.7. The molecule has 0 aromatic heterocycles. The molecule has 1 unspecified atom stereocenters. The molecule has 0 amide bonds.